The molecule has 0 saturated carbocycles. The van der Waals surface area contributed by atoms with E-state index in [-0.39, 0.29) is 0 Å². The van der Waals surface area contributed by atoms with E-state index in [0.717, 1.165) is 15.4 Å². The van der Waals surface area contributed by atoms with Gasteiger partial charge in [0.15, 0.2) is 0 Å². The molecule has 0 amide bonds. The van der Waals surface area contributed by atoms with E-state index >= 15 is 0 Å². The number of hydrogen-bond donors (Lipinski definition) is 2. The Bertz CT molecular complexity index is 482. The number of nitrogens with two attached hydrogens (primary N) is 1. The number of pyridine rings is 1. The van der Waals surface area contributed by atoms with Gasteiger partial charge in [0, 0.05) is 9.86 Å². The summed E-state index contributed by atoms with van der Waals surface area (Å²) in [7, 11) is 0. The van der Waals surface area contributed by atoms with Crippen molar-refractivity contribution in [3.8, 4) is 0 Å². The zero-order valence-electron chi connectivity index (χ0n) is 7.71. The molecule has 1 heterocycles. The number of halogens is 1. The lowest BCUT2D eigenvalue weighted by atomic mass is 10.1. The number of rotatable bonds is 1. The van der Waals surface area contributed by atoms with Crippen LogP contribution in [-0.2, 0) is 0 Å². The standard InChI is InChI=1S/C10H10BrN3/c1-6-2-4-8(11)10-7(6)3-5-9(13-10)14-12/h2-5H,12H2,1H3,(H,13,14). The molecule has 0 atom stereocenters. The van der Waals surface area contributed by atoms with Crippen LogP contribution in [0.15, 0.2) is 28.7 Å². The summed E-state index contributed by atoms with van der Waals surface area (Å²) in [6.45, 7) is 2.06. The summed E-state index contributed by atoms with van der Waals surface area (Å²) in [5.74, 6) is 5.97. The molecule has 3 N–H and O–H groups in total. The number of nitrogen functional groups attached to an aromatic ring is 1. The summed E-state index contributed by atoms with van der Waals surface area (Å²) in [5.41, 5.74) is 4.67. The van der Waals surface area contributed by atoms with Gasteiger partial charge in [0.2, 0.25) is 0 Å². The first-order chi connectivity index (χ1) is 6.72. The molecule has 0 saturated heterocycles. The smallest absolute Gasteiger partial charge is 0.140 e. The third kappa shape index (κ3) is 1.47. The van der Waals surface area contributed by atoms with Crippen LogP contribution in [-0.4, -0.2) is 4.98 Å². The highest BCUT2D eigenvalue weighted by Gasteiger charge is 2.03. The molecule has 1 aromatic carbocycles. The Morgan fingerprint density at radius 1 is 1.29 bits per heavy atom. The number of fused-ring (bicyclic) bond motifs is 1. The molecule has 3 nitrogen and oxygen atoms in total. The second-order valence-corrected chi connectivity index (χ2v) is 3.96. The molecule has 0 radical (unpaired) electrons. The number of anilines is 1. The van der Waals surface area contributed by atoms with Crippen molar-refractivity contribution in [1.29, 1.82) is 0 Å². The Balaban J connectivity index is 2.80. The quantitative estimate of drug-likeness (QED) is 0.605. The number of nitrogens with zero attached hydrogens (tertiary/aromatic N) is 1. The van der Waals surface area contributed by atoms with Crippen molar-refractivity contribution in [1.82, 2.24) is 4.98 Å². The number of aromatic nitrogens is 1. The molecular formula is C10H10BrN3. The SMILES string of the molecule is Cc1ccc(Br)c2nc(NN)ccc12. The van der Waals surface area contributed by atoms with Crippen LogP contribution in [0.3, 0.4) is 0 Å². The average molecular weight is 252 g/mol. The predicted octanol–water partition coefficient (Wildman–Crippen LogP) is 2.59. The average Bonchev–Trinajstić information content (AvgIpc) is 2.23. The molecule has 0 fully saturated rings. The molecule has 14 heavy (non-hydrogen) atoms. The summed E-state index contributed by atoms with van der Waals surface area (Å²) in [6.07, 6.45) is 0. The summed E-state index contributed by atoms with van der Waals surface area (Å²) in [4.78, 5) is 4.37. The molecule has 0 aliphatic rings. The normalized spacial score (nSPS) is 10.5. The van der Waals surface area contributed by atoms with Crippen molar-refractivity contribution >= 4 is 32.7 Å². The van der Waals surface area contributed by atoms with Gasteiger partial charge in [-0.25, -0.2) is 10.8 Å². The van der Waals surface area contributed by atoms with Gasteiger partial charge in [0.25, 0.3) is 0 Å². The van der Waals surface area contributed by atoms with Gasteiger partial charge in [0.1, 0.15) is 5.82 Å². The maximum atomic E-state index is 5.30. The molecular weight excluding hydrogens is 242 g/mol. The van der Waals surface area contributed by atoms with Gasteiger partial charge in [-0.2, -0.15) is 0 Å². The number of hydrogen-bond acceptors (Lipinski definition) is 3. The molecule has 0 unspecified atom stereocenters. The van der Waals surface area contributed by atoms with Crippen molar-refractivity contribution in [2.75, 3.05) is 5.43 Å². The van der Waals surface area contributed by atoms with Gasteiger partial charge < -0.3 is 5.43 Å². The minimum Gasteiger partial charge on any atom is -0.308 e. The van der Waals surface area contributed by atoms with Gasteiger partial charge in [-0.1, -0.05) is 6.07 Å². The maximum Gasteiger partial charge on any atom is 0.140 e. The van der Waals surface area contributed by atoms with Gasteiger partial charge in [-0.3, -0.25) is 0 Å². The molecule has 2 aromatic rings. The van der Waals surface area contributed by atoms with Crippen LogP contribution in [0.1, 0.15) is 5.56 Å². The molecule has 72 valence electrons. The largest absolute Gasteiger partial charge is 0.308 e. The first kappa shape index (κ1) is 9.43. The highest BCUT2D eigenvalue weighted by atomic mass is 79.9. The molecule has 0 aliphatic carbocycles. The first-order valence-corrected chi connectivity index (χ1v) is 5.04. The summed E-state index contributed by atoms with van der Waals surface area (Å²) >= 11 is 3.46. The first-order valence-electron chi connectivity index (χ1n) is 4.25. The molecule has 0 bridgehead atoms. The van der Waals surface area contributed by atoms with E-state index in [0.29, 0.717) is 5.82 Å². The topological polar surface area (TPSA) is 50.9 Å². The Labute approximate surface area is 90.4 Å². The molecule has 2 rings (SSSR count). The Hall–Kier alpha value is -1.13. The van der Waals surface area contributed by atoms with Crippen molar-refractivity contribution in [2.45, 2.75) is 6.92 Å². The summed E-state index contributed by atoms with van der Waals surface area (Å²) in [5, 5.41) is 1.14. The Morgan fingerprint density at radius 3 is 2.79 bits per heavy atom. The van der Waals surface area contributed by atoms with Crippen LogP contribution < -0.4 is 11.3 Å². The van der Waals surface area contributed by atoms with Crippen molar-refractivity contribution in [2.24, 2.45) is 5.84 Å². The zero-order valence-corrected chi connectivity index (χ0v) is 9.30. The zero-order chi connectivity index (χ0) is 10.1. The molecule has 0 spiro atoms. The van der Waals surface area contributed by atoms with Crippen LogP contribution in [0.25, 0.3) is 10.9 Å². The van der Waals surface area contributed by atoms with Crippen LogP contribution in [0.2, 0.25) is 0 Å². The van der Waals surface area contributed by atoms with E-state index in [1.54, 1.807) is 0 Å². The monoisotopic (exact) mass is 251 g/mol. The van der Waals surface area contributed by atoms with Crippen LogP contribution in [0.5, 0.6) is 0 Å². The van der Waals surface area contributed by atoms with Gasteiger partial charge in [0.05, 0.1) is 5.52 Å². The van der Waals surface area contributed by atoms with Crippen LogP contribution >= 0.6 is 15.9 Å². The molecule has 4 heteroatoms. The number of nitrogens with one attached hydrogen (secondary N) is 1. The highest BCUT2D eigenvalue weighted by Crippen LogP contribution is 2.25. The molecule has 0 aliphatic heterocycles. The minimum atomic E-state index is 0.670. The maximum absolute atomic E-state index is 5.30. The predicted molar refractivity (Wildman–Crippen MR) is 62.0 cm³/mol. The highest BCUT2D eigenvalue weighted by molar-refractivity contribution is 9.10. The van der Waals surface area contributed by atoms with Gasteiger partial charge in [-0.15, -0.1) is 0 Å². The van der Waals surface area contributed by atoms with Crippen LogP contribution in [0, 0.1) is 6.92 Å². The fraction of sp³-hybridized carbons (Fsp3) is 0.100. The lowest BCUT2D eigenvalue weighted by Crippen LogP contribution is -2.08. The van der Waals surface area contributed by atoms with E-state index < -0.39 is 0 Å². The van der Waals surface area contributed by atoms with Crippen molar-refractivity contribution in [3.63, 3.8) is 0 Å². The van der Waals surface area contributed by atoms with E-state index in [9.17, 15) is 0 Å². The minimum absolute atomic E-state index is 0.670. The fourth-order valence-corrected chi connectivity index (χ4v) is 1.84. The number of hydrazine groups is 1. The number of benzene rings is 1. The second kappa shape index (κ2) is 3.55. The van der Waals surface area contributed by atoms with Crippen LogP contribution in [0.4, 0.5) is 5.82 Å². The summed E-state index contributed by atoms with van der Waals surface area (Å²) < 4.78 is 0.982. The fourth-order valence-electron chi connectivity index (χ4n) is 1.41. The molecule has 1 aromatic heterocycles. The van der Waals surface area contributed by atoms with Gasteiger partial charge >= 0.3 is 0 Å². The summed E-state index contributed by atoms with van der Waals surface area (Å²) in [6, 6.07) is 7.92. The van der Waals surface area contributed by atoms with E-state index in [1.165, 1.54) is 5.56 Å². The lowest BCUT2D eigenvalue weighted by molar-refractivity contribution is 1.26. The van der Waals surface area contributed by atoms with E-state index in [1.807, 2.05) is 18.2 Å². The lowest BCUT2D eigenvalue weighted by Gasteiger charge is -2.05. The van der Waals surface area contributed by atoms with Gasteiger partial charge in [-0.05, 0) is 46.6 Å². The van der Waals surface area contributed by atoms with Crippen molar-refractivity contribution < 1.29 is 0 Å². The third-order valence-electron chi connectivity index (χ3n) is 2.17. The van der Waals surface area contributed by atoms with E-state index in [2.05, 4.69) is 39.3 Å². The van der Waals surface area contributed by atoms with E-state index in [4.69, 9.17) is 5.84 Å². The Kier molecular flexibility index (Phi) is 2.39. The third-order valence-corrected chi connectivity index (χ3v) is 2.81. The Morgan fingerprint density at radius 2 is 2.07 bits per heavy atom. The second-order valence-electron chi connectivity index (χ2n) is 3.10. The number of aryl methyl sites for hydroxylation is 1. The van der Waals surface area contributed by atoms with Crippen molar-refractivity contribution in [3.05, 3.63) is 34.3 Å².